The van der Waals surface area contributed by atoms with E-state index in [1.54, 1.807) is 0 Å². The highest BCUT2D eigenvalue weighted by Gasteiger charge is 2.26. The number of benzene rings is 1. The van der Waals surface area contributed by atoms with Crippen molar-refractivity contribution < 1.29 is 0 Å². The first-order chi connectivity index (χ1) is 8.70. The third kappa shape index (κ3) is 1.95. The Kier molecular flexibility index (Phi) is 2.90. The van der Waals surface area contributed by atoms with Gasteiger partial charge in [-0.25, -0.2) is 0 Å². The molecule has 0 spiro atoms. The average Bonchev–Trinajstić information content (AvgIpc) is 3.18. The van der Waals surface area contributed by atoms with E-state index in [-0.39, 0.29) is 0 Å². The van der Waals surface area contributed by atoms with E-state index in [1.165, 1.54) is 24.1 Å². The molecule has 1 N–H and O–H groups in total. The van der Waals surface area contributed by atoms with Crippen molar-refractivity contribution in [1.29, 1.82) is 0 Å². The maximum atomic E-state index is 6.34. The van der Waals surface area contributed by atoms with Crippen molar-refractivity contribution in [3.05, 3.63) is 34.5 Å². The van der Waals surface area contributed by atoms with Crippen LogP contribution in [0.15, 0.2) is 18.2 Å². The molecule has 1 fully saturated rings. The molecule has 1 aromatic heterocycles. The summed E-state index contributed by atoms with van der Waals surface area (Å²) >= 11 is 6.34. The lowest BCUT2D eigenvalue weighted by Crippen LogP contribution is -2.01. The molecule has 18 heavy (non-hydrogen) atoms. The molecule has 2 nitrogen and oxygen atoms in total. The van der Waals surface area contributed by atoms with Crippen LogP contribution in [-0.2, 0) is 0 Å². The Bertz CT molecular complexity index is 603. The Morgan fingerprint density at radius 1 is 1.39 bits per heavy atom. The van der Waals surface area contributed by atoms with E-state index in [9.17, 15) is 0 Å². The first-order valence-corrected chi connectivity index (χ1v) is 6.92. The summed E-state index contributed by atoms with van der Waals surface area (Å²) in [5.74, 6) is 0.658. The van der Waals surface area contributed by atoms with Crippen molar-refractivity contribution in [3.8, 4) is 0 Å². The van der Waals surface area contributed by atoms with Crippen LogP contribution in [0.5, 0.6) is 0 Å². The van der Waals surface area contributed by atoms with E-state index in [0.29, 0.717) is 5.92 Å². The van der Waals surface area contributed by atoms with Crippen LogP contribution in [0, 0.1) is 6.92 Å². The first-order valence-electron chi connectivity index (χ1n) is 6.54. The molecular weight excluding hydrogens is 244 g/mol. The number of anilines is 1. The molecule has 0 atom stereocenters. The molecule has 1 aromatic carbocycles. The Balaban J connectivity index is 2.29. The third-order valence-electron chi connectivity index (χ3n) is 3.49. The largest absolute Gasteiger partial charge is 0.385 e. The number of fused-ring (bicyclic) bond motifs is 1. The number of nitrogens with one attached hydrogen (secondary N) is 1. The highest BCUT2D eigenvalue weighted by Crippen LogP contribution is 2.42. The van der Waals surface area contributed by atoms with Crippen LogP contribution in [0.3, 0.4) is 0 Å². The Morgan fingerprint density at radius 2 is 2.17 bits per heavy atom. The van der Waals surface area contributed by atoms with Crippen LogP contribution in [0.4, 0.5) is 5.69 Å². The number of aryl methyl sites for hydroxylation is 1. The summed E-state index contributed by atoms with van der Waals surface area (Å²) in [6, 6.07) is 6.18. The number of aromatic nitrogens is 1. The summed E-state index contributed by atoms with van der Waals surface area (Å²) in [7, 11) is 0. The lowest BCUT2D eigenvalue weighted by Gasteiger charge is -2.13. The van der Waals surface area contributed by atoms with Crippen molar-refractivity contribution in [2.45, 2.75) is 32.6 Å². The van der Waals surface area contributed by atoms with Crippen LogP contribution in [0.1, 0.15) is 36.9 Å². The van der Waals surface area contributed by atoms with Gasteiger partial charge in [0.15, 0.2) is 0 Å². The van der Waals surface area contributed by atoms with Crippen molar-refractivity contribution >= 4 is 28.2 Å². The molecule has 0 saturated heterocycles. The fourth-order valence-corrected chi connectivity index (χ4v) is 2.62. The van der Waals surface area contributed by atoms with E-state index in [2.05, 4.69) is 25.2 Å². The molecule has 0 radical (unpaired) electrons. The molecule has 3 heteroatoms. The zero-order valence-electron chi connectivity index (χ0n) is 10.8. The van der Waals surface area contributed by atoms with Crippen LogP contribution in [0.2, 0.25) is 5.02 Å². The normalized spacial score (nSPS) is 15.1. The number of rotatable bonds is 3. The van der Waals surface area contributed by atoms with E-state index < -0.39 is 0 Å². The summed E-state index contributed by atoms with van der Waals surface area (Å²) in [6.45, 7) is 5.10. The molecular formula is C15H17ClN2. The van der Waals surface area contributed by atoms with Crippen molar-refractivity contribution in [2.75, 3.05) is 11.9 Å². The average molecular weight is 261 g/mol. The van der Waals surface area contributed by atoms with Gasteiger partial charge in [0, 0.05) is 29.2 Å². The molecule has 3 rings (SSSR count). The molecule has 1 heterocycles. The zero-order chi connectivity index (χ0) is 12.7. The summed E-state index contributed by atoms with van der Waals surface area (Å²) in [5.41, 5.74) is 4.57. The minimum atomic E-state index is 0.658. The standard InChI is InChI=1S/C15H17ClN2/c1-3-17-13-8-12(10-5-6-10)18-15-9(2)4-7-11(16)14(13)15/h4,7-8,10H,3,5-6H2,1-2H3,(H,17,18). The minimum absolute atomic E-state index is 0.658. The molecule has 1 aliphatic rings. The first kappa shape index (κ1) is 11.8. The topological polar surface area (TPSA) is 24.9 Å². The predicted octanol–water partition coefficient (Wildman–Crippen LogP) is 4.51. The van der Waals surface area contributed by atoms with Crippen LogP contribution >= 0.6 is 11.6 Å². The minimum Gasteiger partial charge on any atom is -0.385 e. The molecule has 94 valence electrons. The van der Waals surface area contributed by atoms with Gasteiger partial charge in [-0.2, -0.15) is 0 Å². The zero-order valence-corrected chi connectivity index (χ0v) is 11.5. The quantitative estimate of drug-likeness (QED) is 0.879. The summed E-state index contributed by atoms with van der Waals surface area (Å²) in [4.78, 5) is 4.82. The molecule has 0 unspecified atom stereocenters. The Hall–Kier alpha value is -1.28. The van der Waals surface area contributed by atoms with Gasteiger partial charge < -0.3 is 5.32 Å². The van der Waals surface area contributed by atoms with E-state index >= 15 is 0 Å². The molecule has 2 aromatic rings. The van der Waals surface area contributed by atoms with E-state index in [4.69, 9.17) is 16.6 Å². The van der Waals surface area contributed by atoms with Gasteiger partial charge in [-0.15, -0.1) is 0 Å². The van der Waals surface area contributed by atoms with Gasteiger partial charge >= 0.3 is 0 Å². The molecule has 0 aliphatic heterocycles. The van der Waals surface area contributed by atoms with E-state index in [1.807, 2.05) is 12.1 Å². The Morgan fingerprint density at radius 3 is 2.83 bits per heavy atom. The lowest BCUT2D eigenvalue weighted by molar-refractivity contribution is 1.04. The second-order valence-electron chi connectivity index (χ2n) is 4.99. The number of pyridine rings is 1. The lowest BCUT2D eigenvalue weighted by atomic mass is 10.1. The van der Waals surface area contributed by atoms with Crippen LogP contribution < -0.4 is 5.32 Å². The smallest absolute Gasteiger partial charge is 0.0770 e. The van der Waals surface area contributed by atoms with Crippen molar-refractivity contribution in [1.82, 2.24) is 4.98 Å². The molecule has 0 bridgehead atoms. The maximum Gasteiger partial charge on any atom is 0.0770 e. The molecule has 1 aliphatic carbocycles. The van der Waals surface area contributed by atoms with Gasteiger partial charge in [-0.05, 0) is 44.4 Å². The fourth-order valence-electron chi connectivity index (χ4n) is 2.37. The second kappa shape index (κ2) is 4.43. The number of hydrogen-bond acceptors (Lipinski definition) is 2. The SMILES string of the molecule is CCNc1cc(C2CC2)nc2c(C)ccc(Cl)c12. The summed E-state index contributed by atoms with van der Waals surface area (Å²) in [6.07, 6.45) is 2.54. The van der Waals surface area contributed by atoms with Crippen molar-refractivity contribution in [2.24, 2.45) is 0 Å². The van der Waals surface area contributed by atoms with Crippen LogP contribution in [-0.4, -0.2) is 11.5 Å². The summed E-state index contributed by atoms with van der Waals surface area (Å²) in [5, 5.41) is 5.25. The van der Waals surface area contributed by atoms with Crippen LogP contribution in [0.25, 0.3) is 10.9 Å². The summed E-state index contributed by atoms with van der Waals surface area (Å²) < 4.78 is 0. The molecule has 0 amide bonds. The van der Waals surface area contributed by atoms with Gasteiger partial charge in [-0.1, -0.05) is 17.7 Å². The van der Waals surface area contributed by atoms with Gasteiger partial charge in [0.05, 0.1) is 10.5 Å². The Labute approximate surface area is 112 Å². The highest BCUT2D eigenvalue weighted by molar-refractivity contribution is 6.36. The number of hydrogen-bond donors (Lipinski definition) is 1. The molecule has 1 saturated carbocycles. The fraction of sp³-hybridized carbons (Fsp3) is 0.400. The van der Waals surface area contributed by atoms with Gasteiger partial charge in [0.1, 0.15) is 0 Å². The number of halogens is 1. The third-order valence-corrected chi connectivity index (χ3v) is 3.81. The van der Waals surface area contributed by atoms with E-state index in [0.717, 1.165) is 28.2 Å². The van der Waals surface area contributed by atoms with Crippen molar-refractivity contribution in [3.63, 3.8) is 0 Å². The van der Waals surface area contributed by atoms with Gasteiger partial charge in [-0.3, -0.25) is 4.98 Å². The predicted molar refractivity (Wildman–Crippen MR) is 77.6 cm³/mol. The monoisotopic (exact) mass is 260 g/mol. The maximum absolute atomic E-state index is 6.34. The highest BCUT2D eigenvalue weighted by atomic mass is 35.5. The number of nitrogens with zero attached hydrogens (tertiary/aromatic N) is 1. The second-order valence-corrected chi connectivity index (χ2v) is 5.39. The van der Waals surface area contributed by atoms with Gasteiger partial charge in [0.2, 0.25) is 0 Å². The van der Waals surface area contributed by atoms with Gasteiger partial charge in [0.25, 0.3) is 0 Å².